The van der Waals surface area contributed by atoms with Gasteiger partial charge in [-0.05, 0) is 32.3 Å². The van der Waals surface area contributed by atoms with Gasteiger partial charge in [0.05, 0.1) is 23.6 Å². The Morgan fingerprint density at radius 3 is 2.19 bits per heavy atom. The molecule has 4 rings (SSSR count). The second-order valence-electron chi connectivity index (χ2n) is 8.34. The predicted octanol–water partition coefficient (Wildman–Crippen LogP) is 3.52. The average Bonchev–Trinajstić information content (AvgIpc) is 3.16. The molecule has 1 saturated heterocycles. The van der Waals surface area contributed by atoms with Crippen LogP contribution in [0, 0.1) is 13.8 Å². The van der Waals surface area contributed by atoms with E-state index in [4.69, 9.17) is 5.10 Å². The van der Waals surface area contributed by atoms with Crippen molar-refractivity contribution in [1.29, 1.82) is 0 Å². The minimum absolute atomic E-state index is 0.120. The van der Waals surface area contributed by atoms with E-state index in [1.807, 2.05) is 38.1 Å². The van der Waals surface area contributed by atoms with Crippen LogP contribution < -0.4 is 5.32 Å². The van der Waals surface area contributed by atoms with Gasteiger partial charge in [0, 0.05) is 17.8 Å². The van der Waals surface area contributed by atoms with Crippen LogP contribution in [-0.4, -0.2) is 41.7 Å². The van der Waals surface area contributed by atoms with Crippen LogP contribution in [0.2, 0.25) is 0 Å². The summed E-state index contributed by atoms with van der Waals surface area (Å²) in [7, 11) is -2.97. The maximum atomic E-state index is 13.1. The highest BCUT2D eigenvalue weighted by Crippen LogP contribution is 2.24. The van der Waals surface area contributed by atoms with Gasteiger partial charge in [-0.15, -0.1) is 0 Å². The lowest BCUT2D eigenvalue weighted by Gasteiger charge is -2.22. The largest absolute Gasteiger partial charge is 0.349 e. The monoisotopic (exact) mass is 437 g/mol. The molecular formula is C24H27N3O3S. The highest BCUT2D eigenvalue weighted by molar-refractivity contribution is 7.91. The van der Waals surface area contributed by atoms with Crippen molar-refractivity contribution < 1.29 is 13.2 Å². The first-order valence-corrected chi connectivity index (χ1v) is 12.3. The van der Waals surface area contributed by atoms with Crippen molar-refractivity contribution in [2.24, 2.45) is 0 Å². The topological polar surface area (TPSA) is 81.1 Å². The van der Waals surface area contributed by atoms with Crippen molar-refractivity contribution in [2.45, 2.75) is 39.3 Å². The van der Waals surface area contributed by atoms with E-state index in [2.05, 4.69) is 29.6 Å². The molecule has 7 heteroatoms. The zero-order chi connectivity index (χ0) is 22.0. The number of amides is 1. The van der Waals surface area contributed by atoms with Gasteiger partial charge in [0.25, 0.3) is 5.91 Å². The summed E-state index contributed by atoms with van der Waals surface area (Å²) in [6.45, 7) is 4.63. The molecule has 0 atom stereocenters. The summed E-state index contributed by atoms with van der Waals surface area (Å²) in [4.78, 5) is 13.1. The number of carbonyl (C=O) groups is 1. The molecule has 0 radical (unpaired) electrons. The lowest BCUT2D eigenvalue weighted by atomic mass is 10.1. The molecule has 0 saturated carbocycles. The molecule has 0 spiro atoms. The summed E-state index contributed by atoms with van der Waals surface area (Å²) in [5, 5.41) is 7.75. The maximum Gasteiger partial charge on any atom is 0.255 e. The molecule has 0 bridgehead atoms. The number of carbonyl (C=O) groups excluding carboxylic acids is 1. The molecule has 2 aromatic carbocycles. The number of nitrogens with one attached hydrogen (secondary N) is 1. The highest BCUT2D eigenvalue weighted by atomic mass is 32.2. The first-order chi connectivity index (χ1) is 14.8. The second kappa shape index (κ2) is 8.67. The molecule has 1 aliphatic heterocycles. The third kappa shape index (κ3) is 5.22. The summed E-state index contributed by atoms with van der Waals surface area (Å²) < 4.78 is 25.2. The molecule has 0 aliphatic carbocycles. The van der Waals surface area contributed by atoms with E-state index < -0.39 is 9.84 Å². The van der Waals surface area contributed by atoms with E-state index in [0.717, 1.165) is 16.7 Å². The van der Waals surface area contributed by atoms with Gasteiger partial charge in [-0.3, -0.25) is 9.48 Å². The second-order valence-corrected chi connectivity index (χ2v) is 10.6. The molecule has 162 valence electrons. The Kier molecular flexibility index (Phi) is 5.96. The Balaban J connectivity index is 1.61. The molecule has 31 heavy (non-hydrogen) atoms. The normalized spacial score (nSPS) is 16.2. The Hall–Kier alpha value is -2.93. The van der Waals surface area contributed by atoms with Crippen LogP contribution in [0.15, 0.2) is 54.7 Å². The van der Waals surface area contributed by atoms with Crippen molar-refractivity contribution in [3.63, 3.8) is 0 Å². The number of hydrogen-bond acceptors (Lipinski definition) is 4. The number of aryl methyl sites for hydroxylation is 2. The Morgan fingerprint density at radius 2 is 1.58 bits per heavy atom. The average molecular weight is 438 g/mol. The highest BCUT2D eigenvalue weighted by Gasteiger charge is 2.26. The summed E-state index contributed by atoms with van der Waals surface area (Å²) in [6.07, 6.45) is 2.68. The number of rotatable bonds is 5. The molecule has 2 heterocycles. The van der Waals surface area contributed by atoms with E-state index in [0.29, 0.717) is 30.6 Å². The van der Waals surface area contributed by atoms with Gasteiger partial charge in [0.2, 0.25) is 0 Å². The van der Waals surface area contributed by atoms with E-state index in [1.165, 1.54) is 5.56 Å². The van der Waals surface area contributed by atoms with Gasteiger partial charge in [0.1, 0.15) is 15.5 Å². The van der Waals surface area contributed by atoms with E-state index in [1.54, 1.807) is 10.9 Å². The van der Waals surface area contributed by atoms with Gasteiger partial charge in [-0.25, -0.2) is 8.42 Å². The lowest BCUT2D eigenvalue weighted by Crippen LogP contribution is -2.40. The van der Waals surface area contributed by atoms with Crippen LogP contribution in [0.1, 0.15) is 39.9 Å². The standard InChI is InChI=1S/C24H27N3O3S/c1-17-3-7-19(8-4-17)15-27-16-22(23(26-27)20-9-5-18(2)6-10-20)24(28)25-21-11-13-31(29,30)14-12-21/h3-10,16,21H,11-15H2,1-2H3,(H,25,28). The Bertz CT molecular complexity index is 1170. The van der Waals surface area contributed by atoms with Crippen molar-refractivity contribution in [1.82, 2.24) is 15.1 Å². The SMILES string of the molecule is Cc1ccc(Cn2cc(C(=O)NC3CCS(=O)(=O)CC3)c(-c3ccc(C)cc3)n2)cc1. The summed E-state index contributed by atoms with van der Waals surface area (Å²) in [6, 6.07) is 16.0. The Labute approximate surface area is 183 Å². The van der Waals surface area contributed by atoms with Gasteiger partial charge >= 0.3 is 0 Å². The van der Waals surface area contributed by atoms with Crippen LogP contribution in [0.3, 0.4) is 0 Å². The van der Waals surface area contributed by atoms with E-state index >= 15 is 0 Å². The number of aromatic nitrogens is 2. The molecular weight excluding hydrogens is 410 g/mol. The van der Waals surface area contributed by atoms with Gasteiger partial charge in [-0.1, -0.05) is 59.7 Å². The third-order valence-corrected chi connectivity index (χ3v) is 7.40. The molecule has 6 nitrogen and oxygen atoms in total. The molecule has 1 N–H and O–H groups in total. The smallest absolute Gasteiger partial charge is 0.255 e. The lowest BCUT2D eigenvalue weighted by molar-refractivity contribution is 0.0935. The number of sulfone groups is 1. The van der Waals surface area contributed by atoms with Crippen molar-refractivity contribution in [3.8, 4) is 11.3 Å². The van der Waals surface area contributed by atoms with Crippen LogP contribution in [0.4, 0.5) is 0 Å². The zero-order valence-electron chi connectivity index (χ0n) is 17.8. The van der Waals surface area contributed by atoms with Crippen molar-refractivity contribution in [2.75, 3.05) is 11.5 Å². The minimum Gasteiger partial charge on any atom is -0.349 e. The first-order valence-electron chi connectivity index (χ1n) is 10.5. The summed E-state index contributed by atoms with van der Waals surface area (Å²) >= 11 is 0. The van der Waals surface area contributed by atoms with Gasteiger partial charge in [-0.2, -0.15) is 5.10 Å². The van der Waals surface area contributed by atoms with Crippen molar-refractivity contribution in [3.05, 3.63) is 77.0 Å². The quantitative estimate of drug-likeness (QED) is 0.662. The van der Waals surface area contributed by atoms with E-state index in [-0.39, 0.29) is 23.5 Å². The molecule has 0 unspecified atom stereocenters. The Morgan fingerprint density at radius 1 is 1.00 bits per heavy atom. The van der Waals surface area contributed by atoms with Crippen LogP contribution in [0.5, 0.6) is 0 Å². The number of nitrogens with zero attached hydrogens (tertiary/aromatic N) is 2. The first kappa shape index (κ1) is 21.3. The van der Waals surface area contributed by atoms with Crippen LogP contribution >= 0.6 is 0 Å². The fraction of sp³-hybridized carbons (Fsp3) is 0.333. The van der Waals surface area contributed by atoms with E-state index in [9.17, 15) is 13.2 Å². The zero-order valence-corrected chi connectivity index (χ0v) is 18.7. The van der Waals surface area contributed by atoms with Gasteiger partial charge in [0.15, 0.2) is 0 Å². The molecule has 1 aliphatic rings. The molecule has 1 amide bonds. The predicted molar refractivity (Wildman–Crippen MR) is 122 cm³/mol. The van der Waals surface area contributed by atoms with Gasteiger partial charge < -0.3 is 5.32 Å². The van der Waals surface area contributed by atoms with Crippen molar-refractivity contribution >= 4 is 15.7 Å². The van der Waals surface area contributed by atoms with Crippen LogP contribution in [0.25, 0.3) is 11.3 Å². The summed E-state index contributed by atoms with van der Waals surface area (Å²) in [5.74, 6) is 0.0280. The molecule has 3 aromatic rings. The summed E-state index contributed by atoms with van der Waals surface area (Å²) in [5.41, 5.74) is 5.45. The number of benzene rings is 2. The third-order valence-electron chi connectivity index (χ3n) is 5.69. The minimum atomic E-state index is -2.97. The molecule has 1 fully saturated rings. The van der Waals surface area contributed by atoms with Crippen LogP contribution in [-0.2, 0) is 16.4 Å². The molecule has 1 aromatic heterocycles. The maximum absolute atomic E-state index is 13.1. The fourth-order valence-corrected chi connectivity index (χ4v) is 5.26. The fourth-order valence-electron chi connectivity index (χ4n) is 3.77. The number of hydrogen-bond donors (Lipinski definition) is 1.